The number of carbonyl (C=O) groups is 2. The average Bonchev–Trinajstić information content (AvgIpc) is 2.35. The van der Waals surface area contributed by atoms with Crippen molar-refractivity contribution in [1.29, 1.82) is 0 Å². The summed E-state index contributed by atoms with van der Waals surface area (Å²) in [4.78, 5) is 27.1. The Balaban J connectivity index is 2.80. The third kappa shape index (κ3) is 6.56. The van der Waals surface area contributed by atoms with Gasteiger partial charge in [0.25, 0.3) is 0 Å². The quantitative estimate of drug-likeness (QED) is 0.682. The second-order valence-corrected chi connectivity index (χ2v) is 5.15. The maximum Gasteiger partial charge on any atom is 0.412 e. The Bertz CT molecular complexity index is 533. The number of amides is 1. The van der Waals surface area contributed by atoms with E-state index in [1.165, 1.54) is 12.2 Å². The van der Waals surface area contributed by atoms with Crippen molar-refractivity contribution in [3.05, 3.63) is 30.1 Å². The van der Waals surface area contributed by atoms with Crippen LogP contribution in [0.25, 0.3) is 6.08 Å². The fraction of sp³-hybridized carbons (Fsp3) is 0.400. The molecule has 0 aliphatic rings. The molecule has 0 fully saturated rings. The van der Waals surface area contributed by atoms with Gasteiger partial charge in [0.05, 0.1) is 18.0 Å². The average molecular weight is 292 g/mol. The fourth-order valence-electron chi connectivity index (χ4n) is 1.41. The van der Waals surface area contributed by atoms with Crippen molar-refractivity contribution in [1.82, 2.24) is 4.98 Å². The molecule has 0 spiro atoms. The first-order valence-electron chi connectivity index (χ1n) is 6.61. The van der Waals surface area contributed by atoms with E-state index in [4.69, 9.17) is 9.47 Å². The van der Waals surface area contributed by atoms with Crippen LogP contribution in [0.1, 0.15) is 33.4 Å². The summed E-state index contributed by atoms with van der Waals surface area (Å²) in [5.41, 5.74) is 0.302. The van der Waals surface area contributed by atoms with Gasteiger partial charge in [-0.3, -0.25) is 10.3 Å². The number of aromatic nitrogens is 1. The zero-order valence-corrected chi connectivity index (χ0v) is 12.7. The molecule has 6 heteroatoms. The molecule has 21 heavy (non-hydrogen) atoms. The fourth-order valence-corrected chi connectivity index (χ4v) is 1.41. The molecule has 114 valence electrons. The molecule has 1 heterocycles. The number of ether oxygens (including phenoxy) is 2. The van der Waals surface area contributed by atoms with Crippen LogP contribution in [0.4, 0.5) is 10.5 Å². The summed E-state index contributed by atoms with van der Waals surface area (Å²) in [5.74, 6) is -0.466. The van der Waals surface area contributed by atoms with E-state index in [1.807, 2.05) is 0 Å². The number of rotatable bonds is 4. The number of carbonyl (C=O) groups excluding carboxylic acids is 2. The predicted molar refractivity (Wildman–Crippen MR) is 79.8 cm³/mol. The van der Waals surface area contributed by atoms with Gasteiger partial charge in [-0.15, -0.1) is 0 Å². The highest BCUT2D eigenvalue weighted by molar-refractivity contribution is 5.91. The molecule has 0 saturated carbocycles. The van der Waals surface area contributed by atoms with Crippen LogP contribution in [-0.2, 0) is 14.3 Å². The minimum Gasteiger partial charge on any atom is -0.463 e. The first-order valence-corrected chi connectivity index (χ1v) is 6.61. The summed E-state index contributed by atoms with van der Waals surface area (Å²) in [6.45, 7) is 7.35. The Hall–Kier alpha value is -2.37. The van der Waals surface area contributed by atoms with Gasteiger partial charge in [0.15, 0.2) is 0 Å². The van der Waals surface area contributed by atoms with Crippen molar-refractivity contribution in [2.75, 3.05) is 11.9 Å². The molecule has 0 aliphatic heterocycles. The molecule has 0 atom stereocenters. The lowest BCUT2D eigenvalue weighted by Crippen LogP contribution is -2.27. The first kappa shape index (κ1) is 16.7. The van der Waals surface area contributed by atoms with Crippen LogP contribution < -0.4 is 5.32 Å². The molecule has 6 nitrogen and oxygen atoms in total. The number of hydrogen-bond donors (Lipinski definition) is 1. The Morgan fingerprint density at radius 1 is 1.38 bits per heavy atom. The number of nitrogens with zero attached hydrogens (tertiary/aromatic N) is 1. The van der Waals surface area contributed by atoms with Crippen LogP contribution in [0.5, 0.6) is 0 Å². The standard InChI is InChI=1S/C15H20N2O4/c1-5-20-13(18)9-8-11-12(7-6-10-16-11)17-14(19)21-15(2,3)4/h6-10H,5H2,1-4H3,(H,17,19). The summed E-state index contributed by atoms with van der Waals surface area (Å²) >= 11 is 0. The third-order valence-electron chi connectivity index (χ3n) is 2.14. The molecular formula is C15H20N2O4. The topological polar surface area (TPSA) is 77.5 Å². The molecular weight excluding hydrogens is 272 g/mol. The Labute approximate surface area is 124 Å². The molecule has 1 rings (SSSR count). The highest BCUT2D eigenvalue weighted by Gasteiger charge is 2.17. The van der Waals surface area contributed by atoms with E-state index in [1.54, 1.807) is 46.0 Å². The van der Waals surface area contributed by atoms with Gasteiger partial charge in [-0.05, 0) is 45.9 Å². The lowest BCUT2D eigenvalue weighted by atomic mass is 10.2. The van der Waals surface area contributed by atoms with Gasteiger partial charge >= 0.3 is 12.1 Å². The van der Waals surface area contributed by atoms with E-state index >= 15 is 0 Å². The maximum atomic E-state index is 11.7. The Kier molecular flexibility index (Phi) is 5.90. The lowest BCUT2D eigenvalue weighted by Gasteiger charge is -2.20. The summed E-state index contributed by atoms with van der Waals surface area (Å²) in [5, 5.41) is 2.60. The summed E-state index contributed by atoms with van der Waals surface area (Å²) < 4.78 is 9.95. The van der Waals surface area contributed by atoms with E-state index in [9.17, 15) is 9.59 Å². The van der Waals surface area contributed by atoms with Crippen LogP contribution >= 0.6 is 0 Å². The third-order valence-corrected chi connectivity index (χ3v) is 2.14. The summed E-state index contributed by atoms with van der Waals surface area (Å²) in [6, 6.07) is 3.34. The highest BCUT2D eigenvalue weighted by atomic mass is 16.6. The van der Waals surface area contributed by atoms with Gasteiger partial charge < -0.3 is 9.47 Å². The Morgan fingerprint density at radius 2 is 2.10 bits per heavy atom. The molecule has 0 bridgehead atoms. The molecule has 0 unspecified atom stereocenters. The van der Waals surface area contributed by atoms with Crippen LogP contribution in [0.15, 0.2) is 24.4 Å². The molecule has 1 aromatic heterocycles. The van der Waals surface area contributed by atoms with E-state index in [0.29, 0.717) is 18.0 Å². The van der Waals surface area contributed by atoms with Crippen LogP contribution in [0.2, 0.25) is 0 Å². The van der Waals surface area contributed by atoms with Crippen molar-refractivity contribution >= 4 is 23.8 Å². The normalized spacial score (nSPS) is 11.2. The number of anilines is 1. The minimum absolute atomic E-state index is 0.300. The van der Waals surface area contributed by atoms with Gasteiger partial charge in [0, 0.05) is 12.3 Å². The zero-order chi connectivity index (χ0) is 15.9. The van der Waals surface area contributed by atoms with Crippen LogP contribution in [-0.4, -0.2) is 29.3 Å². The van der Waals surface area contributed by atoms with Gasteiger partial charge in [0.1, 0.15) is 5.60 Å². The van der Waals surface area contributed by atoms with Gasteiger partial charge in [0.2, 0.25) is 0 Å². The van der Waals surface area contributed by atoms with Crippen molar-refractivity contribution in [3.63, 3.8) is 0 Å². The molecule has 0 aromatic carbocycles. The molecule has 1 aromatic rings. The Morgan fingerprint density at radius 3 is 2.71 bits per heavy atom. The van der Waals surface area contributed by atoms with Crippen LogP contribution in [0.3, 0.4) is 0 Å². The van der Waals surface area contributed by atoms with E-state index in [2.05, 4.69) is 10.3 Å². The summed E-state index contributed by atoms with van der Waals surface area (Å²) in [6.07, 6.45) is 3.71. The number of pyridine rings is 1. The van der Waals surface area contributed by atoms with E-state index in [0.717, 1.165) is 0 Å². The van der Waals surface area contributed by atoms with E-state index in [-0.39, 0.29) is 0 Å². The number of hydrogen-bond acceptors (Lipinski definition) is 5. The lowest BCUT2D eigenvalue weighted by molar-refractivity contribution is -0.137. The number of nitrogens with one attached hydrogen (secondary N) is 1. The first-order chi connectivity index (χ1) is 9.81. The molecule has 1 N–H and O–H groups in total. The van der Waals surface area contributed by atoms with Crippen LogP contribution in [0, 0.1) is 0 Å². The van der Waals surface area contributed by atoms with E-state index < -0.39 is 17.7 Å². The molecule has 0 aliphatic carbocycles. The van der Waals surface area contributed by atoms with Gasteiger partial charge in [-0.2, -0.15) is 0 Å². The SMILES string of the molecule is CCOC(=O)C=Cc1ncccc1NC(=O)OC(C)(C)C. The summed E-state index contributed by atoms with van der Waals surface area (Å²) in [7, 11) is 0. The van der Waals surface area contributed by atoms with Crippen molar-refractivity contribution in [2.24, 2.45) is 0 Å². The molecule has 1 amide bonds. The highest BCUT2D eigenvalue weighted by Crippen LogP contribution is 2.16. The second-order valence-electron chi connectivity index (χ2n) is 5.15. The monoisotopic (exact) mass is 292 g/mol. The van der Waals surface area contributed by atoms with Crippen molar-refractivity contribution in [3.8, 4) is 0 Å². The minimum atomic E-state index is -0.590. The predicted octanol–water partition coefficient (Wildman–Crippen LogP) is 3.00. The van der Waals surface area contributed by atoms with Gasteiger partial charge in [-0.1, -0.05) is 0 Å². The largest absolute Gasteiger partial charge is 0.463 e. The van der Waals surface area contributed by atoms with Crippen molar-refractivity contribution < 1.29 is 19.1 Å². The van der Waals surface area contributed by atoms with Crippen molar-refractivity contribution in [2.45, 2.75) is 33.3 Å². The second kappa shape index (κ2) is 7.42. The number of esters is 1. The zero-order valence-electron chi connectivity index (χ0n) is 12.7. The molecule has 0 saturated heterocycles. The van der Waals surface area contributed by atoms with Gasteiger partial charge in [-0.25, -0.2) is 9.59 Å². The maximum absolute atomic E-state index is 11.7. The smallest absolute Gasteiger partial charge is 0.412 e. The molecule has 0 radical (unpaired) electrons.